The Morgan fingerprint density at radius 2 is 1.78 bits per heavy atom. The maximum atomic E-state index is 13.7. The summed E-state index contributed by atoms with van der Waals surface area (Å²) < 4.78 is 18.7. The van der Waals surface area contributed by atoms with Crippen molar-refractivity contribution in [1.82, 2.24) is 0 Å². The molecular weight excluding hydrogens is 251 g/mol. The molecule has 90 valence electrons. The Morgan fingerprint density at radius 1 is 1.00 bits per heavy atom. The second-order valence-corrected chi connectivity index (χ2v) is 4.54. The molecule has 0 bridgehead atoms. The molecule has 3 rings (SSSR count). The Hall–Kier alpha value is -1.80. The summed E-state index contributed by atoms with van der Waals surface area (Å²) in [4.78, 5) is 0. The Bertz CT molecular complexity index is 676. The van der Waals surface area contributed by atoms with Crippen LogP contribution in [0.5, 0.6) is 0 Å². The Kier molecular flexibility index (Phi) is 2.80. The largest absolute Gasteiger partial charge is 0.472 e. The van der Waals surface area contributed by atoms with Crippen LogP contribution in [0.25, 0.3) is 10.8 Å². The van der Waals surface area contributed by atoms with Gasteiger partial charge in [-0.1, -0.05) is 30.3 Å². The van der Waals surface area contributed by atoms with E-state index in [1.165, 1.54) is 6.07 Å². The van der Waals surface area contributed by atoms with Gasteiger partial charge in [0.25, 0.3) is 0 Å². The van der Waals surface area contributed by atoms with Gasteiger partial charge in [-0.05, 0) is 23.1 Å². The minimum atomic E-state index is -0.339. The highest BCUT2D eigenvalue weighted by Gasteiger charge is 2.16. The monoisotopic (exact) mass is 260 g/mol. The van der Waals surface area contributed by atoms with E-state index in [0.29, 0.717) is 5.39 Å². The summed E-state index contributed by atoms with van der Waals surface area (Å²) in [5.41, 5.74) is 1.75. The van der Waals surface area contributed by atoms with Gasteiger partial charge >= 0.3 is 0 Å². The molecule has 0 saturated carbocycles. The highest BCUT2D eigenvalue weighted by atomic mass is 35.5. The van der Waals surface area contributed by atoms with Gasteiger partial charge in [0.15, 0.2) is 0 Å². The number of furan rings is 1. The standard InChI is InChI=1S/C15H10ClFO/c16-15(10-7-8-18-9-10)13-5-6-14(17)12-4-2-1-3-11(12)13/h1-9,15H. The van der Waals surface area contributed by atoms with Gasteiger partial charge in [0.2, 0.25) is 0 Å². The van der Waals surface area contributed by atoms with Crippen LogP contribution in [0, 0.1) is 5.82 Å². The third kappa shape index (κ3) is 1.79. The van der Waals surface area contributed by atoms with Crippen molar-refractivity contribution in [2.75, 3.05) is 0 Å². The maximum absolute atomic E-state index is 13.7. The van der Waals surface area contributed by atoms with Crippen LogP contribution in [-0.2, 0) is 0 Å². The first-order valence-corrected chi connectivity index (χ1v) is 6.04. The highest BCUT2D eigenvalue weighted by Crippen LogP contribution is 2.34. The Labute approximate surface area is 109 Å². The fraction of sp³-hybridized carbons (Fsp3) is 0.0667. The van der Waals surface area contributed by atoms with Gasteiger partial charge in [0.1, 0.15) is 5.82 Å². The molecule has 0 aliphatic rings. The van der Waals surface area contributed by atoms with Crippen LogP contribution in [0.1, 0.15) is 16.5 Å². The molecule has 3 heteroatoms. The van der Waals surface area contributed by atoms with E-state index in [2.05, 4.69) is 0 Å². The van der Waals surface area contributed by atoms with E-state index in [9.17, 15) is 4.39 Å². The molecule has 0 amide bonds. The Balaban J connectivity index is 2.21. The van der Waals surface area contributed by atoms with Crippen LogP contribution in [0.4, 0.5) is 4.39 Å². The maximum Gasteiger partial charge on any atom is 0.131 e. The van der Waals surface area contributed by atoms with Crippen LogP contribution >= 0.6 is 11.6 Å². The van der Waals surface area contributed by atoms with Crippen molar-refractivity contribution in [1.29, 1.82) is 0 Å². The van der Waals surface area contributed by atoms with E-state index in [-0.39, 0.29) is 11.2 Å². The number of fused-ring (bicyclic) bond motifs is 1. The van der Waals surface area contributed by atoms with E-state index >= 15 is 0 Å². The summed E-state index contributed by atoms with van der Waals surface area (Å²) >= 11 is 6.42. The summed E-state index contributed by atoms with van der Waals surface area (Å²) in [5, 5.41) is 1.08. The third-order valence-electron chi connectivity index (χ3n) is 3.01. The zero-order chi connectivity index (χ0) is 12.5. The van der Waals surface area contributed by atoms with Gasteiger partial charge in [-0.2, -0.15) is 0 Å². The van der Waals surface area contributed by atoms with Gasteiger partial charge in [0.05, 0.1) is 17.9 Å². The predicted octanol–water partition coefficient (Wildman–Crippen LogP) is 4.90. The minimum absolute atomic E-state index is 0.231. The highest BCUT2D eigenvalue weighted by molar-refractivity contribution is 6.23. The van der Waals surface area contributed by atoms with Crippen molar-refractivity contribution in [2.24, 2.45) is 0 Å². The van der Waals surface area contributed by atoms with E-state index < -0.39 is 0 Å². The normalized spacial score (nSPS) is 12.8. The molecule has 2 aromatic carbocycles. The zero-order valence-electron chi connectivity index (χ0n) is 9.44. The second-order valence-electron chi connectivity index (χ2n) is 4.10. The lowest BCUT2D eigenvalue weighted by Gasteiger charge is -2.11. The van der Waals surface area contributed by atoms with Crippen molar-refractivity contribution in [3.8, 4) is 0 Å². The molecule has 0 saturated heterocycles. The number of hydrogen-bond donors (Lipinski definition) is 0. The van der Waals surface area contributed by atoms with Crippen molar-refractivity contribution < 1.29 is 8.81 Å². The van der Waals surface area contributed by atoms with Crippen molar-refractivity contribution in [3.05, 3.63) is 71.9 Å². The topological polar surface area (TPSA) is 13.1 Å². The van der Waals surface area contributed by atoms with Gasteiger partial charge in [-0.25, -0.2) is 4.39 Å². The lowest BCUT2D eigenvalue weighted by molar-refractivity contribution is 0.564. The number of rotatable bonds is 2. The average Bonchev–Trinajstić information content (AvgIpc) is 2.93. The first-order valence-electron chi connectivity index (χ1n) is 5.60. The second kappa shape index (κ2) is 4.46. The van der Waals surface area contributed by atoms with Crippen molar-refractivity contribution in [2.45, 2.75) is 5.38 Å². The van der Waals surface area contributed by atoms with Crippen LogP contribution in [0.2, 0.25) is 0 Å². The smallest absolute Gasteiger partial charge is 0.131 e. The quantitative estimate of drug-likeness (QED) is 0.597. The molecule has 0 fully saturated rings. The first kappa shape index (κ1) is 11.3. The van der Waals surface area contributed by atoms with E-state index in [0.717, 1.165) is 16.5 Å². The molecule has 1 aromatic heterocycles. The predicted molar refractivity (Wildman–Crippen MR) is 70.3 cm³/mol. The fourth-order valence-electron chi connectivity index (χ4n) is 2.11. The Morgan fingerprint density at radius 3 is 2.50 bits per heavy atom. The number of hydrogen-bond acceptors (Lipinski definition) is 1. The number of benzene rings is 2. The van der Waals surface area contributed by atoms with E-state index in [1.54, 1.807) is 24.7 Å². The molecule has 1 unspecified atom stereocenters. The van der Waals surface area contributed by atoms with Gasteiger partial charge < -0.3 is 4.42 Å². The third-order valence-corrected chi connectivity index (χ3v) is 3.50. The van der Waals surface area contributed by atoms with Gasteiger partial charge in [0, 0.05) is 10.9 Å². The van der Waals surface area contributed by atoms with Crippen molar-refractivity contribution >= 4 is 22.4 Å². The van der Waals surface area contributed by atoms with Crippen LogP contribution in [-0.4, -0.2) is 0 Å². The molecule has 0 aliphatic heterocycles. The molecule has 0 aliphatic carbocycles. The summed E-state index contributed by atoms with van der Waals surface area (Å²) in [6.45, 7) is 0. The van der Waals surface area contributed by atoms with Crippen LogP contribution in [0.15, 0.2) is 59.4 Å². The van der Waals surface area contributed by atoms with Crippen molar-refractivity contribution in [3.63, 3.8) is 0 Å². The summed E-state index contributed by atoms with van der Waals surface area (Å²) in [6.07, 6.45) is 3.19. The van der Waals surface area contributed by atoms with Gasteiger partial charge in [-0.3, -0.25) is 0 Å². The summed E-state index contributed by atoms with van der Waals surface area (Å²) in [7, 11) is 0. The van der Waals surface area contributed by atoms with Gasteiger partial charge in [-0.15, -0.1) is 11.6 Å². The number of halogens is 2. The fourth-order valence-corrected chi connectivity index (χ4v) is 2.42. The lowest BCUT2D eigenvalue weighted by atomic mass is 9.99. The molecular formula is C15H10ClFO. The molecule has 0 radical (unpaired) electrons. The minimum Gasteiger partial charge on any atom is -0.472 e. The van der Waals surface area contributed by atoms with E-state index in [4.69, 9.17) is 16.0 Å². The molecule has 0 spiro atoms. The van der Waals surface area contributed by atoms with E-state index in [1.807, 2.05) is 24.3 Å². The van der Waals surface area contributed by atoms with Crippen LogP contribution < -0.4 is 0 Å². The molecule has 1 nitrogen and oxygen atoms in total. The summed E-state index contributed by atoms with van der Waals surface area (Å²) in [5.74, 6) is -0.231. The molecule has 1 heterocycles. The molecule has 3 aromatic rings. The molecule has 0 N–H and O–H groups in total. The lowest BCUT2D eigenvalue weighted by Crippen LogP contribution is -1.94. The average molecular weight is 261 g/mol. The zero-order valence-corrected chi connectivity index (χ0v) is 10.2. The molecule has 18 heavy (non-hydrogen) atoms. The van der Waals surface area contributed by atoms with Crippen LogP contribution in [0.3, 0.4) is 0 Å². The molecule has 1 atom stereocenters. The summed E-state index contributed by atoms with van der Waals surface area (Å²) in [6, 6.07) is 12.3. The number of alkyl halides is 1. The SMILES string of the molecule is Fc1ccc(C(Cl)c2ccoc2)c2ccccc12. The first-order chi connectivity index (χ1) is 8.77.